The van der Waals surface area contributed by atoms with Gasteiger partial charge in [-0.05, 0) is 108 Å². The highest BCUT2D eigenvalue weighted by Gasteiger charge is 2.30. The van der Waals surface area contributed by atoms with Crippen molar-refractivity contribution in [3.8, 4) is 39.2 Å². The van der Waals surface area contributed by atoms with Gasteiger partial charge in [0.15, 0.2) is 0 Å². The second kappa shape index (κ2) is 13.9. The van der Waals surface area contributed by atoms with Crippen LogP contribution in [0.4, 0.5) is 0 Å². The van der Waals surface area contributed by atoms with Crippen molar-refractivity contribution in [2.75, 3.05) is 0 Å². The van der Waals surface area contributed by atoms with Crippen LogP contribution in [0.15, 0.2) is 212 Å². The Morgan fingerprint density at radius 1 is 0.426 bits per heavy atom. The largest absolute Gasteiger partial charge is 0.331 e. The number of rotatable bonds is 6. The van der Waals surface area contributed by atoms with Gasteiger partial charge in [0.25, 0.3) is 0 Å². The highest BCUT2D eigenvalue weighted by molar-refractivity contribution is 6.13. The SMILES string of the molecule is CC1(n2c3ccc(-c4ccccc4)cc3c3cc(-c4ccc5c(c4)c4ccccc4n5-c4ccccc4)ccc32)C=CC(c2nc3ccccc3nc2-c2ccccc2)=CC1. The minimum atomic E-state index is -0.339. The molecule has 0 N–H and O–H groups in total. The Hall–Kier alpha value is -7.82. The van der Waals surface area contributed by atoms with Gasteiger partial charge >= 0.3 is 0 Å². The van der Waals surface area contributed by atoms with Crippen LogP contribution in [0.5, 0.6) is 0 Å². The number of hydrogen-bond donors (Lipinski definition) is 0. The lowest BCUT2D eigenvalue weighted by Crippen LogP contribution is -2.28. The van der Waals surface area contributed by atoms with Crippen molar-refractivity contribution in [3.63, 3.8) is 0 Å². The number of para-hydroxylation sites is 4. The van der Waals surface area contributed by atoms with Crippen molar-refractivity contribution in [1.29, 1.82) is 0 Å². The standard InChI is InChI=1S/C57H40N4/c1-57(33-31-40(32-34-57)56-55(39-17-7-3-8-18-39)58-49-22-12-13-23-50(49)59-56)61-53-29-26-41(38-15-5-2-6-16-38)35-47(53)48-37-43(27-30-54(48)61)42-25-28-52-46(36-42)45-21-11-14-24-51(45)60(52)44-19-9-4-10-20-44/h2-33,35-37H,34H2,1H3. The van der Waals surface area contributed by atoms with Crippen molar-refractivity contribution in [2.24, 2.45) is 0 Å². The van der Waals surface area contributed by atoms with Crippen molar-refractivity contribution in [3.05, 3.63) is 218 Å². The zero-order valence-corrected chi connectivity index (χ0v) is 33.7. The summed E-state index contributed by atoms with van der Waals surface area (Å²) in [5, 5.41) is 4.99. The monoisotopic (exact) mass is 780 g/mol. The molecule has 61 heavy (non-hydrogen) atoms. The minimum Gasteiger partial charge on any atom is -0.331 e. The second-order valence-corrected chi connectivity index (χ2v) is 16.4. The smallest absolute Gasteiger partial charge is 0.0972 e. The maximum Gasteiger partial charge on any atom is 0.0972 e. The van der Waals surface area contributed by atoms with E-state index in [1.807, 2.05) is 24.3 Å². The minimum absolute atomic E-state index is 0.339. The van der Waals surface area contributed by atoms with Crippen molar-refractivity contribution in [1.82, 2.24) is 19.1 Å². The lowest BCUT2D eigenvalue weighted by molar-refractivity contribution is 0.438. The Bertz CT molecular complexity index is 3560. The molecule has 1 aliphatic carbocycles. The summed E-state index contributed by atoms with van der Waals surface area (Å²) < 4.78 is 4.94. The van der Waals surface area contributed by atoms with Gasteiger partial charge in [-0.3, -0.25) is 0 Å². The summed E-state index contributed by atoms with van der Waals surface area (Å²) in [6.07, 6.45) is 7.80. The van der Waals surface area contributed by atoms with Crippen molar-refractivity contribution in [2.45, 2.75) is 18.9 Å². The molecule has 0 aliphatic heterocycles. The van der Waals surface area contributed by atoms with Crippen LogP contribution in [-0.2, 0) is 5.54 Å². The van der Waals surface area contributed by atoms with E-state index in [2.05, 4.69) is 204 Å². The van der Waals surface area contributed by atoms with E-state index in [1.54, 1.807) is 0 Å². The van der Waals surface area contributed by atoms with Crippen LogP contribution in [0, 0.1) is 0 Å². The van der Waals surface area contributed by atoms with Crippen LogP contribution in [0.1, 0.15) is 19.0 Å². The Kier molecular flexibility index (Phi) is 8.01. The third-order valence-electron chi connectivity index (χ3n) is 12.7. The molecular weight excluding hydrogens is 741 g/mol. The molecule has 1 unspecified atom stereocenters. The number of aromatic nitrogens is 4. The number of benzene rings is 8. The normalized spacial score (nSPS) is 15.3. The molecule has 0 radical (unpaired) electrons. The summed E-state index contributed by atoms with van der Waals surface area (Å²) >= 11 is 0. The molecule has 288 valence electrons. The number of fused-ring (bicyclic) bond motifs is 7. The summed E-state index contributed by atoms with van der Waals surface area (Å²) in [6, 6.07) is 69.7. The van der Waals surface area contributed by atoms with Crippen LogP contribution in [0.2, 0.25) is 0 Å². The molecule has 8 aromatic carbocycles. The van der Waals surface area contributed by atoms with Gasteiger partial charge in [0.05, 0.1) is 39.0 Å². The predicted octanol–water partition coefficient (Wildman–Crippen LogP) is 14.6. The molecular formula is C57H40N4. The molecule has 0 saturated carbocycles. The average Bonchev–Trinajstić information content (AvgIpc) is 3.84. The van der Waals surface area contributed by atoms with E-state index in [0.29, 0.717) is 0 Å². The Morgan fingerprint density at radius 2 is 0.918 bits per heavy atom. The first-order valence-corrected chi connectivity index (χ1v) is 21.0. The van der Waals surface area contributed by atoms with Gasteiger partial charge < -0.3 is 9.13 Å². The topological polar surface area (TPSA) is 35.6 Å². The van der Waals surface area contributed by atoms with E-state index < -0.39 is 0 Å². The first-order chi connectivity index (χ1) is 30.1. The molecule has 0 amide bonds. The lowest BCUT2D eigenvalue weighted by atomic mass is 9.87. The Morgan fingerprint density at radius 3 is 1.54 bits per heavy atom. The average molecular weight is 781 g/mol. The Balaban J connectivity index is 1.00. The quantitative estimate of drug-likeness (QED) is 0.168. The number of nitrogens with zero attached hydrogens (tertiary/aromatic N) is 4. The fraction of sp³-hybridized carbons (Fsp3) is 0.0526. The van der Waals surface area contributed by atoms with Crippen LogP contribution in [-0.4, -0.2) is 19.1 Å². The van der Waals surface area contributed by atoms with E-state index in [0.717, 1.165) is 40.0 Å². The van der Waals surface area contributed by atoms with E-state index in [4.69, 9.17) is 9.97 Å². The zero-order valence-electron chi connectivity index (χ0n) is 33.7. The van der Waals surface area contributed by atoms with E-state index in [1.165, 1.54) is 71.6 Å². The highest BCUT2D eigenvalue weighted by Crippen LogP contribution is 2.44. The van der Waals surface area contributed by atoms with E-state index >= 15 is 0 Å². The molecule has 4 heteroatoms. The molecule has 3 aromatic heterocycles. The molecule has 4 nitrogen and oxygen atoms in total. The summed E-state index contributed by atoms with van der Waals surface area (Å²) in [5.74, 6) is 0. The fourth-order valence-electron chi connectivity index (χ4n) is 9.63. The molecule has 0 spiro atoms. The Labute approximate surface area is 354 Å². The van der Waals surface area contributed by atoms with Gasteiger partial charge in [0, 0.05) is 43.8 Å². The zero-order chi connectivity index (χ0) is 40.5. The maximum absolute atomic E-state index is 5.22. The molecule has 0 bridgehead atoms. The van der Waals surface area contributed by atoms with Crippen molar-refractivity contribution < 1.29 is 0 Å². The first kappa shape index (κ1) is 35.2. The lowest BCUT2D eigenvalue weighted by Gasteiger charge is -2.32. The molecule has 1 aliphatic rings. The summed E-state index contributed by atoms with van der Waals surface area (Å²) in [4.78, 5) is 10.4. The van der Waals surface area contributed by atoms with Crippen LogP contribution in [0.3, 0.4) is 0 Å². The van der Waals surface area contributed by atoms with E-state index in [-0.39, 0.29) is 5.54 Å². The van der Waals surface area contributed by atoms with Gasteiger partial charge in [-0.25, -0.2) is 9.97 Å². The first-order valence-electron chi connectivity index (χ1n) is 21.0. The van der Waals surface area contributed by atoms with Gasteiger partial charge in [-0.2, -0.15) is 0 Å². The van der Waals surface area contributed by atoms with E-state index in [9.17, 15) is 0 Å². The van der Waals surface area contributed by atoms with Crippen LogP contribution in [0.25, 0.3) is 99.4 Å². The number of allylic oxidation sites excluding steroid dienone is 4. The molecule has 1 atom stereocenters. The number of hydrogen-bond acceptors (Lipinski definition) is 2. The maximum atomic E-state index is 5.22. The summed E-state index contributed by atoms with van der Waals surface area (Å²) in [6.45, 7) is 2.36. The summed E-state index contributed by atoms with van der Waals surface area (Å²) in [7, 11) is 0. The van der Waals surface area contributed by atoms with Crippen molar-refractivity contribution >= 4 is 60.2 Å². The third kappa shape index (κ3) is 5.75. The van der Waals surface area contributed by atoms with Gasteiger partial charge in [-0.15, -0.1) is 0 Å². The third-order valence-corrected chi connectivity index (χ3v) is 12.7. The van der Waals surface area contributed by atoms with Crippen LogP contribution < -0.4 is 0 Å². The molecule has 0 fully saturated rings. The fourth-order valence-corrected chi connectivity index (χ4v) is 9.63. The highest BCUT2D eigenvalue weighted by atomic mass is 15.1. The van der Waals surface area contributed by atoms with Gasteiger partial charge in [0.2, 0.25) is 0 Å². The molecule has 11 aromatic rings. The van der Waals surface area contributed by atoms with Gasteiger partial charge in [-0.1, -0.05) is 146 Å². The molecule has 0 saturated heterocycles. The molecule has 12 rings (SSSR count). The predicted molar refractivity (Wildman–Crippen MR) is 255 cm³/mol. The summed E-state index contributed by atoms with van der Waals surface area (Å²) in [5.41, 5.74) is 16.3. The molecule has 3 heterocycles. The second-order valence-electron chi connectivity index (χ2n) is 16.4. The van der Waals surface area contributed by atoms with Gasteiger partial charge in [0.1, 0.15) is 0 Å². The van der Waals surface area contributed by atoms with Crippen LogP contribution >= 0.6 is 0 Å².